The van der Waals surface area contributed by atoms with Gasteiger partial charge in [0.25, 0.3) is 0 Å². The Morgan fingerprint density at radius 2 is 1.88 bits per heavy atom. The van der Waals surface area contributed by atoms with E-state index >= 15 is 0 Å². The lowest BCUT2D eigenvalue weighted by Gasteiger charge is -2.20. The van der Waals surface area contributed by atoms with Crippen LogP contribution >= 0.6 is 19.3 Å². The molecule has 0 aromatic carbocycles. The lowest BCUT2D eigenvalue weighted by atomic mass is 9.86. The normalized spacial score (nSPS) is 37.2. The molecule has 3 unspecified atom stereocenters. The number of fused-ring (bicyclic) bond motifs is 1. The standard InChI is InChI=1S/C15H26PS/c1-12(10-13-6-3-2-4-7-13)16-11-17-15-9-5-8-14(15)16/h13-15H,2-11H2,1H3/q+1. The maximum atomic E-state index is 2.52. The van der Waals surface area contributed by atoms with E-state index in [0.717, 1.165) is 16.8 Å². The molecule has 1 heterocycles. The second kappa shape index (κ2) is 5.66. The minimum Gasteiger partial charge on any atom is -0.106 e. The van der Waals surface area contributed by atoms with Crippen LogP contribution in [0.25, 0.3) is 0 Å². The van der Waals surface area contributed by atoms with Crippen LogP contribution in [0, 0.1) is 5.92 Å². The number of thioether (sulfide) groups is 1. The number of rotatable bonds is 2. The summed E-state index contributed by atoms with van der Waals surface area (Å²) in [4.78, 5) is 0. The summed E-state index contributed by atoms with van der Waals surface area (Å²) in [5.41, 5.74) is 2.65. The molecule has 3 atom stereocenters. The minimum absolute atomic E-state index is 0.308. The fraction of sp³-hybridized carbons (Fsp3) is 0.933. The Morgan fingerprint density at radius 3 is 2.71 bits per heavy atom. The van der Waals surface area contributed by atoms with E-state index in [2.05, 4.69) is 18.7 Å². The summed E-state index contributed by atoms with van der Waals surface area (Å²) in [5, 5.41) is 3.01. The molecule has 0 aromatic heterocycles. The van der Waals surface area contributed by atoms with Gasteiger partial charge in [-0.2, -0.15) is 0 Å². The van der Waals surface area contributed by atoms with Gasteiger partial charge in [-0.15, -0.1) is 11.8 Å². The van der Waals surface area contributed by atoms with Crippen molar-refractivity contribution in [2.45, 2.75) is 75.6 Å². The van der Waals surface area contributed by atoms with Crippen LogP contribution in [0.1, 0.15) is 64.7 Å². The van der Waals surface area contributed by atoms with Gasteiger partial charge in [0.05, 0.1) is 10.5 Å². The number of hydrogen-bond donors (Lipinski definition) is 0. The molecule has 17 heavy (non-hydrogen) atoms. The first kappa shape index (κ1) is 12.5. The maximum Gasteiger partial charge on any atom is 0.152 e. The monoisotopic (exact) mass is 269 g/mol. The van der Waals surface area contributed by atoms with Gasteiger partial charge in [0, 0.05) is 6.42 Å². The van der Waals surface area contributed by atoms with Crippen molar-refractivity contribution in [2.75, 3.05) is 5.49 Å². The fourth-order valence-corrected chi connectivity index (χ4v) is 10.6. The third-order valence-electron chi connectivity index (χ3n) is 5.04. The van der Waals surface area contributed by atoms with Crippen molar-refractivity contribution in [2.24, 2.45) is 5.92 Å². The Bertz CT molecular complexity index is 304. The van der Waals surface area contributed by atoms with Crippen LogP contribution < -0.4 is 0 Å². The molecule has 1 saturated heterocycles. The van der Waals surface area contributed by atoms with Crippen LogP contribution in [0.2, 0.25) is 0 Å². The van der Waals surface area contributed by atoms with Gasteiger partial charge >= 0.3 is 0 Å². The molecule has 3 rings (SSSR count). The van der Waals surface area contributed by atoms with Gasteiger partial charge in [0.15, 0.2) is 5.49 Å². The summed E-state index contributed by atoms with van der Waals surface area (Å²) in [6, 6.07) is 0. The van der Waals surface area contributed by atoms with Gasteiger partial charge in [-0.05, 0) is 32.1 Å². The van der Waals surface area contributed by atoms with Gasteiger partial charge < -0.3 is 0 Å². The highest BCUT2D eigenvalue weighted by Gasteiger charge is 2.45. The summed E-state index contributed by atoms with van der Waals surface area (Å²) in [7, 11) is 0.308. The molecule has 0 radical (unpaired) electrons. The molecule has 0 nitrogen and oxygen atoms in total. The van der Waals surface area contributed by atoms with Crippen molar-refractivity contribution >= 4 is 24.6 Å². The molecular weight excluding hydrogens is 243 g/mol. The predicted octanol–water partition coefficient (Wildman–Crippen LogP) is 5.26. The highest BCUT2D eigenvalue weighted by Crippen LogP contribution is 2.56. The molecule has 0 bridgehead atoms. The van der Waals surface area contributed by atoms with Crippen LogP contribution in [0.5, 0.6) is 0 Å². The van der Waals surface area contributed by atoms with Crippen molar-refractivity contribution < 1.29 is 0 Å². The van der Waals surface area contributed by atoms with E-state index in [-0.39, 0.29) is 0 Å². The molecule has 3 aliphatic rings. The molecule has 0 aromatic rings. The molecular formula is C15H26PS+. The third kappa shape index (κ3) is 2.76. The molecule has 0 spiro atoms. The molecule has 96 valence electrons. The van der Waals surface area contributed by atoms with Crippen LogP contribution in [-0.2, 0) is 0 Å². The molecule has 0 N–H and O–H groups in total. The first-order chi connectivity index (χ1) is 8.34. The van der Waals surface area contributed by atoms with E-state index in [1.807, 2.05) is 5.29 Å². The largest absolute Gasteiger partial charge is 0.152 e. The highest BCUT2D eigenvalue weighted by molar-refractivity contribution is 8.07. The zero-order valence-electron chi connectivity index (χ0n) is 11.2. The van der Waals surface area contributed by atoms with Gasteiger partial charge in [0.2, 0.25) is 0 Å². The van der Waals surface area contributed by atoms with Gasteiger partial charge in [-0.25, -0.2) is 0 Å². The molecule has 2 saturated carbocycles. The molecule has 0 amide bonds. The zero-order valence-corrected chi connectivity index (χ0v) is 12.9. The summed E-state index contributed by atoms with van der Waals surface area (Å²) >= 11 is 2.32. The van der Waals surface area contributed by atoms with Crippen LogP contribution in [-0.4, -0.2) is 21.7 Å². The average molecular weight is 269 g/mol. The van der Waals surface area contributed by atoms with Crippen molar-refractivity contribution in [1.82, 2.24) is 0 Å². The summed E-state index contributed by atoms with van der Waals surface area (Å²) in [5.74, 6) is 1.07. The number of hydrogen-bond acceptors (Lipinski definition) is 1. The van der Waals surface area contributed by atoms with Crippen molar-refractivity contribution in [1.29, 1.82) is 0 Å². The Hall–Kier alpha value is 0.520. The van der Waals surface area contributed by atoms with Gasteiger partial charge in [0.1, 0.15) is 13.2 Å². The van der Waals surface area contributed by atoms with Crippen LogP contribution in [0.4, 0.5) is 0 Å². The average Bonchev–Trinajstić information content (AvgIpc) is 2.91. The van der Waals surface area contributed by atoms with E-state index in [4.69, 9.17) is 0 Å². The summed E-state index contributed by atoms with van der Waals surface area (Å²) in [6.45, 7) is 2.52. The lowest BCUT2D eigenvalue weighted by Crippen LogP contribution is -2.12. The van der Waals surface area contributed by atoms with Gasteiger partial charge in [-0.1, -0.05) is 32.1 Å². The van der Waals surface area contributed by atoms with E-state index in [1.165, 1.54) is 56.9 Å². The van der Waals surface area contributed by atoms with E-state index in [0.29, 0.717) is 7.55 Å². The topological polar surface area (TPSA) is 0 Å². The van der Waals surface area contributed by atoms with Crippen molar-refractivity contribution in [3.8, 4) is 0 Å². The van der Waals surface area contributed by atoms with E-state index in [1.54, 1.807) is 6.42 Å². The second-order valence-electron chi connectivity index (χ2n) is 6.25. The fourth-order valence-electron chi connectivity index (χ4n) is 4.05. The van der Waals surface area contributed by atoms with E-state index < -0.39 is 0 Å². The maximum absolute atomic E-state index is 2.52. The van der Waals surface area contributed by atoms with Crippen LogP contribution in [0.15, 0.2) is 0 Å². The molecule has 2 heteroatoms. The Balaban J connectivity index is 1.65. The highest BCUT2D eigenvalue weighted by atomic mass is 32.2. The second-order valence-corrected chi connectivity index (χ2v) is 10.6. The van der Waals surface area contributed by atoms with Crippen LogP contribution in [0.3, 0.4) is 0 Å². The Kier molecular flexibility index (Phi) is 4.18. The molecule has 3 fully saturated rings. The van der Waals surface area contributed by atoms with Crippen molar-refractivity contribution in [3.05, 3.63) is 0 Å². The zero-order chi connectivity index (χ0) is 11.7. The summed E-state index contributed by atoms with van der Waals surface area (Å²) in [6.07, 6.45) is 13.7. The minimum atomic E-state index is 0.308. The third-order valence-corrected chi connectivity index (χ3v) is 10.5. The first-order valence-electron chi connectivity index (χ1n) is 7.55. The molecule has 1 aliphatic heterocycles. The Labute approximate surface area is 112 Å². The SMILES string of the molecule is CC(CC1CCCCC1)=[P+]1CSC2CCCC21. The smallest absolute Gasteiger partial charge is 0.106 e. The first-order valence-corrected chi connectivity index (χ1v) is 10.2. The summed E-state index contributed by atoms with van der Waals surface area (Å²) < 4.78 is 0. The quantitative estimate of drug-likeness (QED) is 0.616. The molecule has 2 aliphatic carbocycles. The van der Waals surface area contributed by atoms with E-state index in [9.17, 15) is 0 Å². The Morgan fingerprint density at radius 1 is 1.06 bits per heavy atom. The van der Waals surface area contributed by atoms with Gasteiger partial charge in [-0.3, -0.25) is 0 Å². The lowest BCUT2D eigenvalue weighted by molar-refractivity contribution is 0.369. The predicted molar refractivity (Wildman–Crippen MR) is 82.7 cm³/mol. The van der Waals surface area contributed by atoms with Crippen molar-refractivity contribution in [3.63, 3.8) is 0 Å².